The summed E-state index contributed by atoms with van der Waals surface area (Å²) in [5.41, 5.74) is 8.85. The molecule has 0 unspecified atom stereocenters. The van der Waals surface area contributed by atoms with Gasteiger partial charge in [-0.1, -0.05) is 37.5 Å². The van der Waals surface area contributed by atoms with Crippen LogP contribution < -0.4 is 11.1 Å². The number of carbonyl (C=O) groups is 2. The predicted octanol–water partition coefficient (Wildman–Crippen LogP) is 2.40. The van der Waals surface area contributed by atoms with Gasteiger partial charge in [0.1, 0.15) is 6.04 Å². The van der Waals surface area contributed by atoms with E-state index in [1.807, 2.05) is 32.0 Å². The number of hydrogen-bond donors (Lipinski definition) is 2. The predicted molar refractivity (Wildman–Crippen MR) is 87.3 cm³/mol. The number of nitrogens with one attached hydrogen (secondary N) is 1. The fourth-order valence-corrected chi connectivity index (χ4v) is 3.25. The van der Waals surface area contributed by atoms with Gasteiger partial charge in [0, 0.05) is 12.3 Å². The highest BCUT2D eigenvalue weighted by molar-refractivity contribution is 5.87. The number of hydrogen-bond acceptors (Lipinski definition) is 2. The van der Waals surface area contributed by atoms with Gasteiger partial charge in [0.2, 0.25) is 11.8 Å². The quantitative estimate of drug-likeness (QED) is 0.876. The van der Waals surface area contributed by atoms with Crippen molar-refractivity contribution in [2.24, 2.45) is 11.7 Å². The van der Waals surface area contributed by atoms with E-state index in [4.69, 9.17) is 5.73 Å². The Balaban J connectivity index is 2.07. The lowest BCUT2D eigenvalue weighted by Gasteiger charge is -2.24. The van der Waals surface area contributed by atoms with Gasteiger partial charge in [0.05, 0.1) is 0 Å². The Morgan fingerprint density at radius 3 is 2.32 bits per heavy atom. The van der Waals surface area contributed by atoms with Gasteiger partial charge >= 0.3 is 0 Å². The van der Waals surface area contributed by atoms with Crippen molar-refractivity contribution < 1.29 is 9.59 Å². The van der Waals surface area contributed by atoms with Crippen LogP contribution in [-0.4, -0.2) is 17.9 Å². The molecule has 0 bridgehead atoms. The van der Waals surface area contributed by atoms with Gasteiger partial charge in [0.15, 0.2) is 0 Å². The summed E-state index contributed by atoms with van der Waals surface area (Å²) in [6.07, 6.45) is 5.69. The monoisotopic (exact) mass is 302 g/mol. The van der Waals surface area contributed by atoms with Crippen LogP contribution in [0.2, 0.25) is 0 Å². The summed E-state index contributed by atoms with van der Waals surface area (Å²) in [6, 6.07) is 5.40. The van der Waals surface area contributed by atoms with Gasteiger partial charge in [-0.3, -0.25) is 9.59 Å². The summed E-state index contributed by atoms with van der Waals surface area (Å²) >= 11 is 0. The summed E-state index contributed by atoms with van der Waals surface area (Å²) in [7, 11) is 0. The van der Waals surface area contributed by atoms with Crippen LogP contribution in [0.4, 0.5) is 0 Å². The van der Waals surface area contributed by atoms with Gasteiger partial charge in [-0.2, -0.15) is 0 Å². The first-order chi connectivity index (χ1) is 10.5. The largest absolute Gasteiger partial charge is 0.368 e. The highest BCUT2D eigenvalue weighted by Gasteiger charge is 2.26. The Bertz CT molecular complexity index is 528. The van der Waals surface area contributed by atoms with Crippen LogP contribution in [0.15, 0.2) is 18.2 Å². The molecule has 0 aliphatic heterocycles. The molecule has 0 saturated heterocycles. The van der Waals surface area contributed by atoms with E-state index in [9.17, 15) is 9.59 Å². The molecular weight excluding hydrogens is 276 g/mol. The average Bonchev–Trinajstić information content (AvgIpc) is 2.50. The molecule has 1 saturated carbocycles. The van der Waals surface area contributed by atoms with Crippen molar-refractivity contribution in [1.82, 2.24) is 5.32 Å². The molecular formula is C18H26N2O2. The standard InChI is InChI=1S/C18H26N2O2/c1-12-7-6-8-13(2)15(12)11-16(17(19)21)20-18(22)14-9-4-3-5-10-14/h6-8,14,16H,3-5,9-11H2,1-2H3,(H2,19,21)(H,20,22)/t16-/m1/s1. The molecule has 4 heteroatoms. The second-order valence-corrected chi connectivity index (χ2v) is 6.37. The lowest BCUT2D eigenvalue weighted by atomic mass is 9.88. The molecule has 120 valence electrons. The van der Waals surface area contributed by atoms with Crippen LogP contribution in [0.5, 0.6) is 0 Å². The number of carbonyl (C=O) groups excluding carboxylic acids is 2. The Morgan fingerprint density at radius 1 is 1.18 bits per heavy atom. The van der Waals surface area contributed by atoms with Crippen molar-refractivity contribution in [3.63, 3.8) is 0 Å². The molecule has 0 aromatic heterocycles. The maximum atomic E-state index is 12.4. The van der Waals surface area contributed by atoms with E-state index in [1.54, 1.807) is 0 Å². The summed E-state index contributed by atoms with van der Waals surface area (Å²) in [5.74, 6) is -0.449. The summed E-state index contributed by atoms with van der Waals surface area (Å²) in [5, 5.41) is 2.88. The van der Waals surface area contributed by atoms with Crippen LogP contribution in [0, 0.1) is 19.8 Å². The maximum absolute atomic E-state index is 12.4. The zero-order valence-electron chi connectivity index (χ0n) is 13.5. The van der Waals surface area contributed by atoms with Crippen molar-refractivity contribution in [3.05, 3.63) is 34.9 Å². The second kappa shape index (κ2) is 7.43. The third kappa shape index (κ3) is 4.09. The topological polar surface area (TPSA) is 72.2 Å². The minimum atomic E-state index is -0.630. The van der Waals surface area contributed by atoms with E-state index in [0.717, 1.165) is 42.4 Å². The summed E-state index contributed by atoms with van der Waals surface area (Å²) in [4.78, 5) is 24.1. The normalized spacial score (nSPS) is 17.0. The van der Waals surface area contributed by atoms with Crippen molar-refractivity contribution in [3.8, 4) is 0 Å². The number of primary amides is 1. The van der Waals surface area contributed by atoms with Gasteiger partial charge in [0.25, 0.3) is 0 Å². The van der Waals surface area contributed by atoms with Crippen LogP contribution in [0.3, 0.4) is 0 Å². The van der Waals surface area contributed by atoms with Crippen molar-refractivity contribution in [2.75, 3.05) is 0 Å². The molecule has 1 aliphatic carbocycles. The van der Waals surface area contributed by atoms with Crippen LogP contribution in [-0.2, 0) is 16.0 Å². The first-order valence-electron chi connectivity index (χ1n) is 8.14. The highest BCUT2D eigenvalue weighted by Crippen LogP contribution is 2.24. The Hall–Kier alpha value is -1.84. The van der Waals surface area contributed by atoms with Gasteiger partial charge in [-0.15, -0.1) is 0 Å². The molecule has 3 N–H and O–H groups in total. The fourth-order valence-electron chi connectivity index (χ4n) is 3.25. The van der Waals surface area contributed by atoms with Crippen molar-refractivity contribution in [1.29, 1.82) is 0 Å². The molecule has 22 heavy (non-hydrogen) atoms. The Morgan fingerprint density at radius 2 is 1.77 bits per heavy atom. The second-order valence-electron chi connectivity index (χ2n) is 6.37. The molecule has 2 amide bonds. The molecule has 2 rings (SSSR count). The highest BCUT2D eigenvalue weighted by atomic mass is 16.2. The Kier molecular flexibility index (Phi) is 5.58. The smallest absolute Gasteiger partial charge is 0.240 e. The number of rotatable bonds is 5. The zero-order chi connectivity index (χ0) is 16.1. The molecule has 0 heterocycles. The van der Waals surface area contributed by atoms with E-state index in [1.165, 1.54) is 6.42 Å². The third-order valence-corrected chi connectivity index (χ3v) is 4.69. The van der Waals surface area contributed by atoms with Crippen LogP contribution >= 0.6 is 0 Å². The number of nitrogens with two attached hydrogens (primary N) is 1. The zero-order valence-corrected chi connectivity index (χ0v) is 13.5. The average molecular weight is 302 g/mol. The van der Waals surface area contributed by atoms with Crippen LogP contribution in [0.25, 0.3) is 0 Å². The summed E-state index contributed by atoms with van der Waals surface area (Å²) < 4.78 is 0. The summed E-state index contributed by atoms with van der Waals surface area (Å²) in [6.45, 7) is 4.03. The molecule has 1 aromatic carbocycles. The Labute approximate surface area is 132 Å². The van der Waals surface area contributed by atoms with Gasteiger partial charge in [-0.25, -0.2) is 0 Å². The van der Waals surface area contributed by atoms with E-state index in [0.29, 0.717) is 6.42 Å². The number of benzene rings is 1. The molecule has 1 aliphatic rings. The molecule has 4 nitrogen and oxygen atoms in total. The SMILES string of the molecule is Cc1cccc(C)c1C[C@@H](NC(=O)C1CCCCC1)C(N)=O. The molecule has 1 aromatic rings. The van der Waals surface area contributed by atoms with Gasteiger partial charge in [-0.05, 0) is 43.4 Å². The van der Waals surface area contributed by atoms with E-state index in [-0.39, 0.29) is 11.8 Å². The van der Waals surface area contributed by atoms with E-state index in [2.05, 4.69) is 5.32 Å². The molecule has 1 atom stereocenters. The lowest BCUT2D eigenvalue weighted by molar-refractivity contribution is -0.130. The van der Waals surface area contributed by atoms with Crippen LogP contribution in [0.1, 0.15) is 48.8 Å². The maximum Gasteiger partial charge on any atom is 0.240 e. The minimum Gasteiger partial charge on any atom is -0.368 e. The lowest BCUT2D eigenvalue weighted by Crippen LogP contribution is -2.48. The van der Waals surface area contributed by atoms with E-state index < -0.39 is 11.9 Å². The van der Waals surface area contributed by atoms with Crippen molar-refractivity contribution >= 4 is 11.8 Å². The fraction of sp³-hybridized carbons (Fsp3) is 0.556. The molecule has 0 spiro atoms. The first kappa shape index (κ1) is 16.5. The molecule has 1 fully saturated rings. The third-order valence-electron chi connectivity index (χ3n) is 4.69. The first-order valence-corrected chi connectivity index (χ1v) is 8.14. The number of amides is 2. The number of aryl methyl sites for hydroxylation is 2. The van der Waals surface area contributed by atoms with Crippen molar-refractivity contribution in [2.45, 2.75) is 58.4 Å². The van der Waals surface area contributed by atoms with Gasteiger partial charge < -0.3 is 11.1 Å². The van der Waals surface area contributed by atoms with E-state index >= 15 is 0 Å². The molecule has 0 radical (unpaired) electrons. The minimum absolute atomic E-state index is 0.0188.